The van der Waals surface area contributed by atoms with Gasteiger partial charge in [0.2, 0.25) is 5.28 Å². The fraction of sp³-hybridized carbons (Fsp3) is 0. The van der Waals surface area contributed by atoms with E-state index >= 15 is 0 Å². The minimum Gasteiger partial charge on any atom is -0.309 e. The lowest BCUT2D eigenvalue weighted by molar-refractivity contribution is 1.18. The van der Waals surface area contributed by atoms with Gasteiger partial charge in [0, 0.05) is 32.1 Å². The van der Waals surface area contributed by atoms with E-state index in [2.05, 4.69) is 99.5 Å². The molecular weight excluding hydrogens is 446 g/mol. The zero-order chi connectivity index (χ0) is 21.9. The van der Waals surface area contributed by atoms with Gasteiger partial charge in [0.25, 0.3) is 0 Å². The van der Waals surface area contributed by atoms with Crippen molar-refractivity contribution in [3.05, 3.63) is 102 Å². The van der Waals surface area contributed by atoms with Crippen LogP contribution >= 0.6 is 22.9 Å². The molecule has 0 aliphatic rings. The summed E-state index contributed by atoms with van der Waals surface area (Å²) in [6.45, 7) is 0. The largest absolute Gasteiger partial charge is 0.309 e. The van der Waals surface area contributed by atoms with Gasteiger partial charge in [0.05, 0.1) is 26.9 Å². The third-order valence-electron chi connectivity index (χ3n) is 6.15. The number of thiophene rings is 1. The number of fused-ring (bicyclic) bond motifs is 6. The van der Waals surface area contributed by atoms with Crippen molar-refractivity contribution in [3.8, 4) is 16.9 Å². The summed E-state index contributed by atoms with van der Waals surface area (Å²) in [7, 11) is 0. The topological polar surface area (TPSA) is 30.7 Å². The molecule has 0 bridgehead atoms. The maximum Gasteiger partial charge on any atom is 0.223 e. The van der Waals surface area contributed by atoms with Crippen LogP contribution in [0.2, 0.25) is 5.28 Å². The molecule has 4 aromatic carbocycles. The second kappa shape index (κ2) is 7.14. The molecule has 0 spiro atoms. The van der Waals surface area contributed by atoms with Crippen molar-refractivity contribution in [1.29, 1.82) is 0 Å². The molecule has 0 atom stereocenters. The summed E-state index contributed by atoms with van der Waals surface area (Å²) in [6, 6.07) is 33.9. The molecule has 0 amide bonds. The number of hydrogen-bond acceptors (Lipinski definition) is 3. The van der Waals surface area contributed by atoms with Crippen molar-refractivity contribution in [3.63, 3.8) is 0 Å². The summed E-state index contributed by atoms with van der Waals surface area (Å²) >= 11 is 8.13. The van der Waals surface area contributed by atoms with Gasteiger partial charge in [0.1, 0.15) is 0 Å². The summed E-state index contributed by atoms with van der Waals surface area (Å²) in [4.78, 5) is 9.26. The van der Waals surface area contributed by atoms with Crippen LogP contribution in [0.4, 0.5) is 0 Å². The summed E-state index contributed by atoms with van der Waals surface area (Å²) in [6.07, 6.45) is 0. The lowest BCUT2D eigenvalue weighted by atomic mass is 10.1. The molecule has 0 N–H and O–H groups in total. The van der Waals surface area contributed by atoms with E-state index in [9.17, 15) is 0 Å². The monoisotopic (exact) mass is 461 g/mol. The molecular formula is C28H16ClN3S. The van der Waals surface area contributed by atoms with E-state index in [0.717, 1.165) is 38.1 Å². The van der Waals surface area contributed by atoms with E-state index in [4.69, 9.17) is 11.6 Å². The molecule has 0 radical (unpaired) electrons. The van der Waals surface area contributed by atoms with E-state index in [1.165, 1.54) is 21.0 Å². The third kappa shape index (κ3) is 2.81. The van der Waals surface area contributed by atoms with Gasteiger partial charge in [-0.2, -0.15) is 0 Å². The molecule has 0 aliphatic heterocycles. The molecule has 5 heteroatoms. The molecule has 0 unspecified atom stereocenters. The number of benzene rings is 4. The fourth-order valence-electron chi connectivity index (χ4n) is 4.73. The highest BCUT2D eigenvalue weighted by molar-refractivity contribution is 7.26. The summed E-state index contributed by atoms with van der Waals surface area (Å²) < 4.78 is 4.56. The van der Waals surface area contributed by atoms with Crippen LogP contribution in [0.5, 0.6) is 0 Å². The molecule has 3 aromatic heterocycles. The summed E-state index contributed by atoms with van der Waals surface area (Å²) in [5, 5.41) is 3.83. The number of para-hydroxylation sites is 2. The van der Waals surface area contributed by atoms with Gasteiger partial charge in [-0.3, -0.25) is 0 Å². The van der Waals surface area contributed by atoms with Crippen LogP contribution in [0.15, 0.2) is 97.1 Å². The van der Waals surface area contributed by atoms with Crippen LogP contribution in [0.3, 0.4) is 0 Å². The van der Waals surface area contributed by atoms with E-state index in [1.54, 1.807) is 11.3 Å². The lowest BCUT2D eigenvalue weighted by Gasteiger charge is -2.09. The van der Waals surface area contributed by atoms with Crippen molar-refractivity contribution in [2.45, 2.75) is 0 Å². The minimum atomic E-state index is 0.268. The second-order valence-corrected chi connectivity index (χ2v) is 9.43. The highest BCUT2D eigenvalue weighted by Gasteiger charge is 2.17. The number of rotatable bonds is 2. The molecule has 33 heavy (non-hydrogen) atoms. The molecule has 7 aromatic rings. The van der Waals surface area contributed by atoms with Gasteiger partial charge >= 0.3 is 0 Å². The number of hydrogen-bond donors (Lipinski definition) is 0. The predicted molar refractivity (Wildman–Crippen MR) is 140 cm³/mol. The standard InChI is InChI=1S/C28H16ClN3S/c29-28-30-25(27-26(31-28)21-11-5-7-13-24(21)33-27)17-14-15-20-19-10-4-6-12-22(19)32(23(20)16-17)18-8-2-1-3-9-18/h1-16H. The van der Waals surface area contributed by atoms with E-state index in [0.29, 0.717) is 0 Å². The summed E-state index contributed by atoms with van der Waals surface area (Å²) in [5.74, 6) is 0. The van der Waals surface area contributed by atoms with Crippen molar-refractivity contribution in [1.82, 2.24) is 14.5 Å². The smallest absolute Gasteiger partial charge is 0.223 e. The maximum absolute atomic E-state index is 6.42. The zero-order valence-corrected chi connectivity index (χ0v) is 18.9. The number of halogens is 1. The average molecular weight is 462 g/mol. The average Bonchev–Trinajstić information content (AvgIpc) is 3.39. The molecule has 3 heterocycles. The molecule has 0 fully saturated rings. The first-order valence-corrected chi connectivity index (χ1v) is 11.9. The second-order valence-electron chi connectivity index (χ2n) is 8.04. The Bertz CT molecular complexity index is 1830. The Balaban J connectivity index is 1.58. The van der Waals surface area contributed by atoms with Crippen molar-refractivity contribution in [2.24, 2.45) is 0 Å². The van der Waals surface area contributed by atoms with Gasteiger partial charge in [-0.1, -0.05) is 66.7 Å². The van der Waals surface area contributed by atoms with Crippen molar-refractivity contribution < 1.29 is 0 Å². The molecule has 156 valence electrons. The lowest BCUT2D eigenvalue weighted by Crippen LogP contribution is -1.94. The Morgan fingerprint density at radius 2 is 1.39 bits per heavy atom. The van der Waals surface area contributed by atoms with Crippen LogP contribution in [0, 0.1) is 0 Å². The molecule has 3 nitrogen and oxygen atoms in total. The van der Waals surface area contributed by atoms with Gasteiger partial charge in [-0.05, 0) is 41.9 Å². The van der Waals surface area contributed by atoms with E-state index in [-0.39, 0.29) is 5.28 Å². The van der Waals surface area contributed by atoms with Gasteiger partial charge < -0.3 is 4.57 Å². The highest BCUT2D eigenvalue weighted by Crippen LogP contribution is 2.40. The normalized spacial score (nSPS) is 11.8. The van der Waals surface area contributed by atoms with Gasteiger partial charge in [-0.25, -0.2) is 9.97 Å². The Morgan fingerprint density at radius 3 is 2.27 bits per heavy atom. The van der Waals surface area contributed by atoms with Gasteiger partial charge in [-0.15, -0.1) is 11.3 Å². The minimum absolute atomic E-state index is 0.268. The van der Waals surface area contributed by atoms with Crippen LogP contribution in [0.25, 0.3) is 59.1 Å². The Kier molecular flexibility index (Phi) is 4.07. The molecule has 7 rings (SSSR count). The fourth-order valence-corrected chi connectivity index (χ4v) is 6.06. The first-order chi connectivity index (χ1) is 16.3. The number of aromatic nitrogens is 3. The predicted octanol–water partition coefficient (Wildman–Crippen LogP) is 8.26. The van der Waals surface area contributed by atoms with E-state index < -0.39 is 0 Å². The van der Waals surface area contributed by atoms with Crippen molar-refractivity contribution in [2.75, 3.05) is 0 Å². The molecule has 0 saturated carbocycles. The maximum atomic E-state index is 6.42. The number of nitrogens with zero attached hydrogens (tertiary/aromatic N) is 3. The summed E-state index contributed by atoms with van der Waals surface area (Å²) in [5.41, 5.74) is 6.27. The quantitative estimate of drug-likeness (QED) is 0.242. The van der Waals surface area contributed by atoms with Crippen LogP contribution in [-0.4, -0.2) is 14.5 Å². The Hall–Kier alpha value is -3.73. The first-order valence-electron chi connectivity index (χ1n) is 10.7. The molecule has 0 saturated heterocycles. The van der Waals surface area contributed by atoms with Gasteiger partial charge in [0.15, 0.2) is 0 Å². The van der Waals surface area contributed by atoms with E-state index in [1.807, 2.05) is 12.1 Å². The van der Waals surface area contributed by atoms with Crippen molar-refractivity contribution >= 4 is 65.0 Å². The highest BCUT2D eigenvalue weighted by atomic mass is 35.5. The SMILES string of the molecule is Clc1nc(-c2ccc3c4ccccc4n(-c4ccccc4)c3c2)c2sc3ccccc3c2n1. The van der Waals surface area contributed by atoms with Crippen LogP contribution in [-0.2, 0) is 0 Å². The molecule has 0 aliphatic carbocycles. The Labute approximate surface area is 198 Å². The zero-order valence-electron chi connectivity index (χ0n) is 17.4. The van der Waals surface area contributed by atoms with Crippen LogP contribution in [0.1, 0.15) is 0 Å². The first kappa shape index (κ1) is 18.8. The third-order valence-corrected chi connectivity index (χ3v) is 7.49. The Morgan fingerprint density at radius 1 is 0.667 bits per heavy atom. The van der Waals surface area contributed by atoms with Crippen LogP contribution < -0.4 is 0 Å².